The van der Waals surface area contributed by atoms with E-state index in [1.165, 1.54) is 0 Å². The molecule has 0 saturated carbocycles. The maximum Gasteiger partial charge on any atom is 0.278 e. The average Bonchev–Trinajstić information content (AvgIpc) is 3.28. The summed E-state index contributed by atoms with van der Waals surface area (Å²) in [6.07, 6.45) is 1.70. The Morgan fingerprint density at radius 2 is 1.58 bits per heavy atom. The molecule has 0 amide bonds. The first-order valence-corrected chi connectivity index (χ1v) is 10.8. The molecule has 0 fully saturated rings. The molecule has 33 heavy (non-hydrogen) atoms. The molecule has 6 aromatic rings. The van der Waals surface area contributed by atoms with Crippen LogP contribution in [0, 0.1) is 10.1 Å². The predicted octanol–water partition coefficient (Wildman–Crippen LogP) is 7.56. The van der Waals surface area contributed by atoms with Gasteiger partial charge >= 0.3 is 0 Å². The van der Waals surface area contributed by atoms with Gasteiger partial charge in [0, 0.05) is 21.9 Å². The number of nitro benzene ring substituents is 1. The first kappa shape index (κ1) is 19.5. The standard InChI is InChI=1S/C27H16ClN3O2/c28-23-15-17-7-4-5-10-19(17)26-20(23)11-6-12-21(26)27-22-16-29-30(18-8-2-1-3-9-18)24(22)13-14-25(27)31(32)33/h1-16H. The van der Waals surface area contributed by atoms with E-state index in [1.54, 1.807) is 23.0 Å². The summed E-state index contributed by atoms with van der Waals surface area (Å²) in [6.45, 7) is 0. The summed E-state index contributed by atoms with van der Waals surface area (Å²) < 4.78 is 1.80. The van der Waals surface area contributed by atoms with Crippen LogP contribution in [0.3, 0.4) is 0 Å². The molecule has 5 aromatic carbocycles. The third-order valence-corrected chi connectivity index (χ3v) is 6.34. The lowest BCUT2D eigenvalue weighted by atomic mass is 9.91. The summed E-state index contributed by atoms with van der Waals surface area (Å²) in [5.74, 6) is 0. The SMILES string of the molecule is O=[N+]([O-])c1ccc2c(cnn2-c2ccccc2)c1-c1cccc2c(Cl)cc3ccccc3c12. The molecule has 0 bridgehead atoms. The Balaban J connectivity index is 1.77. The quantitative estimate of drug-likeness (QED) is 0.159. The smallest absolute Gasteiger partial charge is 0.258 e. The highest BCUT2D eigenvalue weighted by Gasteiger charge is 2.24. The van der Waals surface area contributed by atoms with Crippen molar-refractivity contribution in [3.8, 4) is 16.8 Å². The molecular formula is C27H16ClN3O2. The van der Waals surface area contributed by atoms with Crippen molar-refractivity contribution >= 4 is 49.7 Å². The van der Waals surface area contributed by atoms with Gasteiger partial charge in [0.2, 0.25) is 0 Å². The van der Waals surface area contributed by atoms with Crippen LogP contribution in [0.4, 0.5) is 5.69 Å². The molecule has 0 atom stereocenters. The van der Waals surface area contributed by atoms with Crippen LogP contribution in [-0.2, 0) is 0 Å². The van der Waals surface area contributed by atoms with E-state index in [0.717, 1.165) is 38.3 Å². The lowest BCUT2D eigenvalue weighted by Gasteiger charge is -2.13. The number of benzene rings is 5. The Morgan fingerprint density at radius 3 is 2.39 bits per heavy atom. The molecule has 0 spiro atoms. The maximum absolute atomic E-state index is 12.1. The highest BCUT2D eigenvalue weighted by molar-refractivity contribution is 6.38. The number of aromatic nitrogens is 2. The van der Waals surface area contributed by atoms with Crippen molar-refractivity contribution in [3.63, 3.8) is 0 Å². The molecule has 6 rings (SSSR count). The number of hydrogen-bond acceptors (Lipinski definition) is 3. The Labute approximate surface area is 193 Å². The summed E-state index contributed by atoms with van der Waals surface area (Å²) >= 11 is 6.65. The van der Waals surface area contributed by atoms with Gasteiger partial charge in [-0.05, 0) is 46.0 Å². The van der Waals surface area contributed by atoms with Gasteiger partial charge in [-0.15, -0.1) is 0 Å². The number of fused-ring (bicyclic) bond motifs is 4. The number of nitro groups is 1. The van der Waals surface area contributed by atoms with Crippen molar-refractivity contribution in [1.82, 2.24) is 9.78 Å². The summed E-state index contributed by atoms with van der Waals surface area (Å²) in [6, 6.07) is 28.7. The fraction of sp³-hybridized carbons (Fsp3) is 0. The van der Waals surface area contributed by atoms with Crippen LogP contribution in [0.5, 0.6) is 0 Å². The minimum absolute atomic E-state index is 0.0340. The summed E-state index contributed by atoms with van der Waals surface area (Å²) in [4.78, 5) is 11.8. The van der Waals surface area contributed by atoms with Crippen molar-refractivity contribution in [2.75, 3.05) is 0 Å². The van der Waals surface area contributed by atoms with Gasteiger partial charge in [-0.1, -0.05) is 72.3 Å². The van der Waals surface area contributed by atoms with Crippen LogP contribution in [0.2, 0.25) is 5.02 Å². The molecule has 0 saturated heterocycles. The third kappa shape index (κ3) is 2.97. The molecule has 6 heteroatoms. The molecular weight excluding hydrogens is 434 g/mol. The second kappa shape index (κ2) is 7.43. The zero-order chi connectivity index (χ0) is 22.5. The molecule has 0 aliphatic carbocycles. The fourth-order valence-electron chi connectivity index (χ4n) is 4.61. The monoisotopic (exact) mass is 449 g/mol. The Kier molecular flexibility index (Phi) is 4.38. The molecule has 0 radical (unpaired) electrons. The van der Waals surface area contributed by atoms with E-state index >= 15 is 0 Å². The van der Waals surface area contributed by atoms with E-state index < -0.39 is 0 Å². The van der Waals surface area contributed by atoms with E-state index in [0.29, 0.717) is 16.0 Å². The Bertz CT molecular complexity index is 1710. The minimum atomic E-state index is -0.333. The van der Waals surface area contributed by atoms with E-state index in [-0.39, 0.29) is 10.6 Å². The van der Waals surface area contributed by atoms with Gasteiger partial charge in [0.15, 0.2) is 0 Å². The van der Waals surface area contributed by atoms with Gasteiger partial charge in [-0.2, -0.15) is 5.10 Å². The van der Waals surface area contributed by atoms with Crippen LogP contribution in [0.15, 0.2) is 97.2 Å². The summed E-state index contributed by atoms with van der Waals surface area (Å²) in [5, 5.41) is 21.8. The van der Waals surface area contributed by atoms with Crippen molar-refractivity contribution in [2.45, 2.75) is 0 Å². The Hall–Kier alpha value is -4.22. The van der Waals surface area contributed by atoms with E-state index in [2.05, 4.69) is 5.10 Å². The van der Waals surface area contributed by atoms with Crippen LogP contribution in [0.1, 0.15) is 0 Å². The van der Waals surface area contributed by atoms with Gasteiger partial charge < -0.3 is 0 Å². The first-order valence-electron chi connectivity index (χ1n) is 10.4. The molecule has 1 aromatic heterocycles. The zero-order valence-electron chi connectivity index (χ0n) is 17.3. The van der Waals surface area contributed by atoms with Gasteiger partial charge in [-0.25, -0.2) is 4.68 Å². The number of hydrogen-bond donors (Lipinski definition) is 0. The van der Waals surface area contributed by atoms with Crippen molar-refractivity contribution in [1.29, 1.82) is 0 Å². The topological polar surface area (TPSA) is 61.0 Å². The van der Waals surface area contributed by atoms with Crippen molar-refractivity contribution in [2.24, 2.45) is 0 Å². The van der Waals surface area contributed by atoms with E-state index in [9.17, 15) is 10.1 Å². The second-order valence-corrected chi connectivity index (χ2v) is 8.26. The number of nitrogens with zero attached hydrogens (tertiary/aromatic N) is 3. The Morgan fingerprint density at radius 1 is 0.818 bits per heavy atom. The molecule has 5 nitrogen and oxygen atoms in total. The molecule has 0 N–H and O–H groups in total. The molecule has 1 heterocycles. The predicted molar refractivity (Wildman–Crippen MR) is 133 cm³/mol. The third-order valence-electron chi connectivity index (χ3n) is 6.03. The van der Waals surface area contributed by atoms with Gasteiger partial charge in [0.1, 0.15) is 0 Å². The number of halogens is 1. The summed E-state index contributed by atoms with van der Waals surface area (Å²) in [7, 11) is 0. The van der Waals surface area contributed by atoms with Gasteiger partial charge in [0.25, 0.3) is 5.69 Å². The van der Waals surface area contributed by atoms with Crippen LogP contribution in [0.25, 0.3) is 49.3 Å². The second-order valence-electron chi connectivity index (χ2n) is 7.85. The number of para-hydroxylation sites is 1. The largest absolute Gasteiger partial charge is 0.278 e. The zero-order valence-corrected chi connectivity index (χ0v) is 18.0. The van der Waals surface area contributed by atoms with E-state index in [1.807, 2.05) is 78.9 Å². The fourth-order valence-corrected chi connectivity index (χ4v) is 4.89. The molecule has 0 aliphatic rings. The van der Waals surface area contributed by atoms with Crippen molar-refractivity contribution in [3.05, 3.63) is 112 Å². The minimum Gasteiger partial charge on any atom is -0.258 e. The number of rotatable bonds is 3. The van der Waals surface area contributed by atoms with Gasteiger partial charge in [0.05, 0.1) is 27.9 Å². The van der Waals surface area contributed by atoms with Crippen LogP contribution in [-0.4, -0.2) is 14.7 Å². The summed E-state index contributed by atoms with van der Waals surface area (Å²) in [5.41, 5.74) is 3.02. The lowest BCUT2D eigenvalue weighted by Crippen LogP contribution is -1.97. The first-order chi connectivity index (χ1) is 16.1. The molecule has 0 aliphatic heterocycles. The highest BCUT2D eigenvalue weighted by Crippen LogP contribution is 2.44. The lowest BCUT2D eigenvalue weighted by molar-refractivity contribution is -0.384. The highest BCUT2D eigenvalue weighted by atomic mass is 35.5. The molecule has 158 valence electrons. The van der Waals surface area contributed by atoms with Gasteiger partial charge in [-0.3, -0.25) is 10.1 Å². The normalized spacial score (nSPS) is 11.4. The molecule has 0 unspecified atom stereocenters. The van der Waals surface area contributed by atoms with Crippen LogP contribution < -0.4 is 0 Å². The van der Waals surface area contributed by atoms with Crippen molar-refractivity contribution < 1.29 is 4.92 Å². The van der Waals surface area contributed by atoms with Crippen LogP contribution >= 0.6 is 11.6 Å². The van der Waals surface area contributed by atoms with E-state index in [4.69, 9.17) is 11.6 Å². The average molecular weight is 450 g/mol. The maximum atomic E-state index is 12.1.